The zero-order valence-electron chi connectivity index (χ0n) is 26.6. The molecule has 1 aromatic heterocycles. The second kappa shape index (κ2) is 16.8. The molecule has 1 atom stereocenters. The smallest absolute Gasteiger partial charge is 0.251 e. The summed E-state index contributed by atoms with van der Waals surface area (Å²) in [5.74, 6) is 1.34. The predicted molar refractivity (Wildman–Crippen MR) is 197 cm³/mol. The van der Waals surface area contributed by atoms with E-state index in [-0.39, 0.29) is 11.9 Å². The number of aromatic nitrogens is 2. The van der Waals surface area contributed by atoms with Crippen molar-refractivity contribution >= 4 is 35.1 Å². The minimum atomic E-state index is -0.139. The van der Waals surface area contributed by atoms with E-state index in [2.05, 4.69) is 88.0 Å². The number of thioether (sulfide) groups is 1. The minimum absolute atomic E-state index is 0.101. The minimum Gasteiger partial charge on any atom is -0.352 e. The SMILES string of the molecule is O=C(NC(Cc1ccccc1)c1ccccc1)c1ccc(CSc2nc(Cl)cc(N(CCc3ccccc3)Cc3ccccc3)n2)cc1. The van der Waals surface area contributed by atoms with Crippen molar-refractivity contribution in [3.63, 3.8) is 0 Å². The Kier molecular flexibility index (Phi) is 11.5. The largest absolute Gasteiger partial charge is 0.352 e. The number of halogens is 1. The van der Waals surface area contributed by atoms with Crippen molar-refractivity contribution < 1.29 is 4.79 Å². The molecule has 0 fully saturated rings. The van der Waals surface area contributed by atoms with Crippen LogP contribution < -0.4 is 10.2 Å². The highest BCUT2D eigenvalue weighted by Crippen LogP contribution is 2.26. The number of rotatable bonds is 14. The molecule has 48 heavy (non-hydrogen) atoms. The van der Waals surface area contributed by atoms with E-state index in [0.29, 0.717) is 34.6 Å². The van der Waals surface area contributed by atoms with Gasteiger partial charge in [0.2, 0.25) is 0 Å². The number of hydrogen-bond acceptors (Lipinski definition) is 5. The van der Waals surface area contributed by atoms with Crippen molar-refractivity contribution in [1.82, 2.24) is 15.3 Å². The Bertz CT molecular complexity index is 1880. The molecule has 0 aliphatic rings. The molecule has 1 N–H and O–H groups in total. The number of carbonyl (C=O) groups is 1. The molecule has 1 heterocycles. The van der Waals surface area contributed by atoms with E-state index in [1.165, 1.54) is 28.5 Å². The third-order valence-electron chi connectivity index (χ3n) is 8.09. The van der Waals surface area contributed by atoms with Crippen LogP contribution >= 0.6 is 23.4 Å². The number of nitrogens with zero attached hydrogens (tertiary/aromatic N) is 3. The molecule has 0 aliphatic carbocycles. The molecular formula is C41H37ClN4OS. The van der Waals surface area contributed by atoms with E-state index in [9.17, 15) is 4.79 Å². The zero-order chi connectivity index (χ0) is 33.0. The molecule has 5 aromatic carbocycles. The van der Waals surface area contributed by atoms with Crippen molar-refractivity contribution in [2.24, 2.45) is 0 Å². The lowest BCUT2D eigenvalue weighted by Crippen LogP contribution is -2.30. The lowest BCUT2D eigenvalue weighted by molar-refractivity contribution is 0.0936. The number of nitrogens with one attached hydrogen (secondary N) is 1. The van der Waals surface area contributed by atoms with Crippen LogP contribution in [0.5, 0.6) is 0 Å². The van der Waals surface area contributed by atoms with Crippen molar-refractivity contribution in [2.45, 2.75) is 36.3 Å². The van der Waals surface area contributed by atoms with Crippen molar-refractivity contribution in [3.05, 3.63) is 190 Å². The highest BCUT2D eigenvalue weighted by molar-refractivity contribution is 7.98. The zero-order valence-corrected chi connectivity index (χ0v) is 28.2. The molecule has 6 aromatic rings. The molecular weight excluding hydrogens is 632 g/mol. The molecule has 0 aliphatic heterocycles. The second-order valence-corrected chi connectivity index (χ2v) is 12.9. The summed E-state index contributed by atoms with van der Waals surface area (Å²) >= 11 is 8.08. The molecule has 5 nitrogen and oxygen atoms in total. The van der Waals surface area contributed by atoms with Gasteiger partial charge in [0.1, 0.15) is 11.0 Å². The number of benzene rings is 5. The third kappa shape index (κ3) is 9.57. The monoisotopic (exact) mass is 668 g/mol. The lowest BCUT2D eigenvalue weighted by atomic mass is 9.98. The van der Waals surface area contributed by atoms with Crippen LogP contribution in [0.1, 0.15) is 44.2 Å². The fourth-order valence-corrected chi connectivity index (χ4v) is 6.57. The first-order valence-corrected chi connectivity index (χ1v) is 17.4. The Labute approximate surface area is 292 Å². The standard InChI is InChI=1S/C41H37ClN4OS/c42-38-28-39(46(29-33-17-9-3-10-18-33)26-25-31-13-5-1-6-14-31)45-41(44-38)48-30-34-21-23-36(24-22-34)40(47)43-37(35-19-11-4-12-20-35)27-32-15-7-2-8-16-32/h1-24,28,37H,25-27,29-30H2,(H,43,47). The molecule has 0 bridgehead atoms. The summed E-state index contributed by atoms with van der Waals surface area (Å²) in [6, 6.07) is 50.7. The first-order chi connectivity index (χ1) is 23.6. The lowest BCUT2D eigenvalue weighted by Gasteiger charge is -2.24. The fourth-order valence-electron chi connectivity index (χ4n) is 5.53. The van der Waals surface area contributed by atoms with E-state index in [0.717, 1.165) is 29.9 Å². The van der Waals surface area contributed by atoms with E-state index in [1.54, 1.807) is 0 Å². The van der Waals surface area contributed by atoms with Crippen molar-refractivity contribution in [2.75, 3.05) is 11.4 Å². The topological polar surface area (TPSA) is 58.1 Å². The van der Waals surface area contributed by atoms with Gasteiger partial charge in [0, 0.05) is 30.5 Å². The average molecular weight is 669 g/mol. The van der Waals surface area contributed by atoms with Gasteiger partial charge in [-0.15, -0.1) is 0 Å². The Balaban J connectivity index is 1.11. The number of carbonyl (C=O) groups excluding carboxylic acids is 1. The van der Waals surface area contributed by atoms with Gasteiger partial charge in [-0.1, -0.05) is 157 Å². The van der Waals surface area contributed by atoms with Gasteiger partial charge in [-0.2, -0.15) is 0 Å². The fraction of sp³-hybridized carbons (Fsp3) is 0.146. The van der Waals surface area contributed by atoms with Gasteiger partial charge in [-0.25, -0.2) is 9.97 Å². The van der Waals surface area contributed by atoms with E-state index in [4.69, 9.17) is 16.6 Å². The molecule has 0 spiro atoms. The van der Waals surface area contributed by atoms with E-state index >= 15 is 0 Å². The highest BCUT2D eigenvalue weighted by Gasteiger charge is 2.17. The van der Waals surface area contributed by atoms with Gasteiger partial charge in [0.25, 0.3) is 5.91 Å². The summed E-state index contributed by atoms with van der Waals surface area (Å²) < 4.78 is 0. The summed E-state index contributed by atoms with van der Waals surface area (Å²) in [7, 11) is 0. The Morgan fingerprint density at radius 1 is 0.688 bits per heavy atom. The molecule has 0 saturated heterocycles. The van der Waals surface area contributed by atoms with Crippen LogP contribution in [0.25, 0.3) is 0 Å². The summed E-state index contributed by atoms with van der Waals surface area (Å²) in [6.07, 6.45) is 1.60. The number of amides is 1. The molecule has 1 amide bonds. The predicted octanol–water partition coefficient (Wildman–Crippen LogP) is 9.39. The molecule has 1 unspecified atom stereocenters. The maximum atomic E-state index is 13.4. The van der Waals surface area contributed by atoms with Gasteiger partial charge in [0.05, 0.1) is 6.04 Å². The second-order valence-electron chi connectivity index (χ2n) is 11.6. The highest BCUT2D eigenvalue weighted by atomic mass is 35.5. The molecule has 0 saturated carbocycles. The first-order valence-electron chi connectivity index (χ1n) is 16.1. The Morgan fingerprint density at radius 3 is 1.92 bits per heavy atom. The Hall–Kier alpha value is -4.91. The van der Waals surface area contributed by atoms with Crippen LogP contribution in [0.15, 0.2) is 157 Å². The van der Waals surface area contributed by atoms with Crippen LogP contribution in [-0.2, 0) is 25.1 Å². The van der Waals surface area contributed by atoms with Gasteiger partial charge in [0.15, 0.2) is 5.16 Å². The first kappa shape index (κ1) is 33.0. The molecule has 7 heteroatoms. The number of hydrogen-bond donors (Lipinski definition) is 1. The quantitative estimate of drug-likeness (QED) is 0.0712. The average Bonchev–Trinajstić information content (AvgIpc) is 3.14. The van der Waals surface area contributed by atoms with Crippen LogP contribution in [0, 0.1) is 0 Å². The summed E-state index contributed by atoms with van der Waals surface area (Å²) in [5.41, 5.74) is 6.41. The maximum Gasteiger partial charge on any atom is 0.251 e. The maximum absolute atomic E-state index is 13.4. The van der Waals surface area contributed by atoms with Crippen LogP contribution in [0.2, 0.25) is 5.15 Å². The normalized spacial score (nSPS) is 11.5. The molecule has 0 radical (unpaired) electrons. The summed E-state index contributed by atoms with van der Waals surface area (Å²) in [5, 5.41) is 4.28. The summed E-state index contributed by atoms with van der Waals surface area (Å²) in [4.78, 5) is 25.1. The summed E-state index contributed by atoms with van der Waals surface area (Å²) in [6.45, 7) is 1.50. The van der Waals surface area contributed by atoms with E-state index < -0.39 is 0 Å². The van der Waals surface area contributed by atoms with Crippen LogP contribution in [-0.4, -0.2) is 22.4 Å². The van der Waals surface area contributed by atoms with Gasteiger partial charge in [-0.05, 0) is 52.8 Å². The third-order valence-corrected chi connectivity index (χ3v) is 9.20. The van der Waals surface area contributed by atoms with Gasteiger partial charge in [-0.3, -0.25) is 4.79 Å². The van der Waals surface area contributed by atoms with Crippen LogP contribution in [0.3, 0.4) is 0 Å². The number of anilines is 1. The van der Waals surface area contributed by atoms with Crippen molar-refractivity contribution in [3.8, 4) is 0 Å². The van der Waals surface area contributed by atoms with Gasteiger partial charge >= 0.3 is 0 Å². The molecule has 6 rings (SSSR count). The van der Waals surface area contributed by atoms with Crippen LogP contribution in [0.4, 0.5) is 5.82 Å². The van der Waals surface area contributed by atoms with Gasteiger partial charge < -0.3 is 10.2 Å². The van der Waals surface area contributed by atoms with E-state index in [1.807, 2.05) is 78.9 Å². The molecule has 240 valence electrons. The Morgan fingerprint density at radius 2 is 1.27 bits per heavy atom. The van der Waals surface area contributed by atoms with Crippen molar-refractivity contribution in [1.29, 1.82) is 0 Å².